The SMILES string of the molecule is [2H]c1c([2H])c([2H])c([Si](Cc2c([2H])c(-n3c4ccccc4c4c3ccc3c5ccccc5n(-c5ccccc5)c34)c([2H])c([Si](c3c([2H])c([2H])c([2H])c([2H])c3[2H])(c3c([2H])c([2H])c([2H])c([2H])c3[2H])c3c([2H])c([2H])c([2H])c([2H])c3[2H])c2[2H])(c2c([2H])c([2H])c([2H])c([2H])c2[2H])c2c([2H])c([2H])c([2H])c([2H])c2[2H])c([2H])c1[2H]. The quantitative estimate of drug-likeness (QED) is 0.0903. The molecule has 2 nitrogen and oxygen atoms in total. The molecular formula is C67H50N2Si2. The van der Waals surface area contributed by atoms with Crippen LogP contribution in [0, 0.1) is 0 Å². The molecule has 0 unspecified atom stereocenters. The fourth-order valence-corrected chi connectivity index (χ4v) is 17.1. The molecule has 4 heteroatoms. The van der Waals surface area contributed by atoms with E-state index in [1.165, 1.54) is 10.6 Å². The average Bonchev–Trinajstić information content (AvgIpc) is 0.776. The summed E-state index contributed by atoms with van der Waals surface area (Å²) in [6.07, 6.45) is 0. The van der Waals surface area contributed by atoms with Gasteiger partial charge in [-0.25, -0.2) is 0 Å². The molecule has 0 radical (unpaired) electrons. The smallest absolute Gasteiger partial charge is 0.179 e. The Bertz CT molecular complexity index is 5520. The molecule has 0 N–H and O–H groups in total. The van der Waals surface area contributed by atoms with Gasteiger partial charge in [0.15, 0.2) is 16.1 Å². The monoisotopic (exact) mass is 972 g/mol. The van der Waals surface area contributed by atoms with E-state index in [1.54, 1.807) is 48.5 Å². The minimum absolute atomic E-state index is 0.0568. The van der Waals surface area contributed by atoms with Crippen LogP contribution in [0.1, 0.15) is 50.8 Å². The third-order valence-electron chi connectivity index (χ3n) is 12.7. The highest BCUT2D eigenvalue weighted by Crippen LogP contribution is 2.42. The fraction of sp³-hybridized carbons (Fsp3) is 0.0149. The van der Waals surface area contributed by atoms with Crippen molar-refractivity contribution in [3.05, 3.63) is 296 Å². The summed E-state index contributed by atoms with van der Waals surface area (Å²) < 4.78 is 323. The second-order valence-corrected chi connectivity index (χ2v) is 23.5. The molecule has 336 valence electrons. The Labute approximate surface area is 463 Å². The lowest BCUT2D eigenvalue weighted by Crippen LogP contribution is -2.75. The summed E-state index contributed by atoms with van der Waals surface area (Å²) in [6, 6.07) is -16.7. The first-order valence-corrected chi connectivity index (χ1v) is 26.2. The first kappa shape index (κ1) is 20.4. The predicted molar refractivity (Wildman–Crippen MR) is 306 cm³/mol. The minimum atomic E-state index is -6.85. The molecule has 2 aromatic heterocycles. The highest BCUT2D eigenvalue weighted by atomic mass is 28.3. The lowest BCUT2D eigenvalue weighted by atomic mass is 10.1. The van der Waals surface area contributed by atoms with Gasteiger partial charge in [0.2, 0.25) is 0 Å². The summed E-state index contributed by atoms with van der Waals surface area (Å²) in [5, 5.41) is -6.18. The van der Waals surface area contributed by atoms with Crippen molar-refractivity contribution in [3.63, 3.8) is 0 Å². The van der Waals surface area contributed by atoms with Gasteiger partial charge in [0.05, 0.1) is 67.3 Å². The number of aromatic nitrogens is 2. The topological polar surface area (TPSA) is 9.86 Å². The molecule has 13 rings (SSSR count). The maximum absolute atomic E-state index is 11.4. The van der Waals surface area contributed by atoms with Crippen LogP contribution >= 0.6 is 0 Å². The summed E-state index contributed by atoms with van der Waals surface area (Å²) in [4.78, 5) is 0. The van der Waals surface area contributed by atoms with Crippen LogP contribution in [0.15, 0.2) is 290 Å². The molecular weight excluding hydrogens is 889 g/mol. The van der Waals surface area contributed by atoms with Crippen molar-refractivity contribution in [1.29, 1.82) is 0 Å². The molecule has 0 bridgehead atoms. The van der Waals surface area contributed by atoms with Crippen LogP contribution in [-0.2, 0) is 6.04 Å². The Balaban J connectivity index is 1.43. The van der Waals surface area contributed by atoms with Gasteiger partial charge in [0, 0.05) is 32.9 Å². The second kappa shape index (κ2) is 17.8. The van der Waals surface area contributed by atoms with Gasteiger partial charge in [-0.3, -0.25) is 0 Å². The maximum Gasteiger partial charge on any atom is 0.179 e. The Kier molecular flexibility index (Phi) is 5.11. The molecule has 0 saturated heterocycles. The average molecular weight is 973 g/mol. The highest BCUT2D eigenvalue weighted by molar-refractivity contribution is 7.20. The maximum atomic E-state index is 11.4. The van der Waals surface area contributed by atoms with Crippen LogP contribution in [0.25, 0.3) is 55.0 Å². The van der Waals surface area contributed by atoms with Crippen molar-refractivity contribution >= 4 is 96.1 Å². The molecule has 11 aromatic carbocycles. The molecule has 0 fully saturated rings. The summed E-state index contributed by atoms with van der Waals surface area (Å²) in [6.45, 7) is 0. The molecule has 0 atom stereocenters. The van der Waals surface area contributed by atoms with Gasteiger partial charge < -0.3 is 9.13 Å². The minimum Gasteiger partial charge on any atom is -0.309 e. The van der Waals surface area contributed by atoms with Gasteiger partial charge in [-0.05, 0) is 90.3 Å². The Morgan fingerprint density at radius 1 is 0.324 bits per heavy atom. The summed E-state index contributed by atoms with van der Waals surface area (Å²) in [5.41, 5.74) is 0.00536. The third kappa shape index (κ3) is 6.90. The van der Waals surface area contributed by atoms with Gasteiger partial charge in [-0.2, -0.15) is 0 Å². The van der Waals surface area contributed by atoms with E-state index in [0.717, 1.165) is 5.39 Å². The zero-order valence-electron chi connectivity index (χ0n) is 69.8. The first-order chi connectivity index (χ1) is 48.9. The number of rotatable bonds is 11. The third-order valence-corrected chi connectivity index (χ3v) is 20.9. The van der Waals surface area contributed by atoms with E-state index in [1.807, 2.05) is 41.0 Å². The van der Waals surface area contributed by atoms with Crippen LogP contribution in [0.2, 0.25) is 0 Å². The lowest BCUT2D eigenvalue weighted by Gasteiger charge is -2.37. The molecule has 0 aliphatic carbocycles. The molecule has 0 spiro atoms. The zero-order chi connectivity index (χ0) is 75.9. The molecule has 2 heterocycles. The summed E-state index contributed by atoms with van der Waals surface area (Å²) >= 11 is 0. The first-order valence-electron chi connectivity index (χ1n) is 38.5. The molecule has 0 aliphatic rings. The van der Waals surface area contributed by atoms with E-state index in [9.17, 15) is 37.0 Å². The van der Waals surface area contributed by atoms with Crippen LogP contribution in [-0.4, -0.2) is 25.3 Å². The Morgan fingerprint density at radius 2 is 0.761 bits per heavy atom. The Hall–Kier alpha value is -8.55. The number of nitrogens with zero attached hydrogens (tertiary/aromatic N) is 2. The number of hydrogen-bond donors (Lipinski definition) is 0. The van der Waals surface area contributed by atoms with Crippen LogP contribution in [0.3, 0.4) is 0 Å². The van der Waals surface area contributed by atoms with Crippen molar-refractivity contribution in [1.82, 2.24) is 9.13 Å². The number of benzene rings is 11. The number of fused-ring (bicyclic) bond motifs is 7. The van der Waals surface area contributed by atoms with E-state index >= 15 is 0 Å². The molecule has 0 amide bonds. The predicted octanol–water partition coefficient (Wildman–Crippen LogP) is 11.5. The number of para-hydroxylation sites is 3. The van der Waals surface area contributed by atoms with Crippen molar-refractivity contribution in [2.24, 2.45) is 0 Å². The van der Waals surface area contributed by atoms with E-state index in [4.69, 9.17) is 8.22 Å². The van der Waals surface area contributed by atoms with Crippen molar-refractivity contribution in [2.45, 2.75) is 6.04 Å². The zero-order valence-corrected chi connectivity index (χ0v) is 38.8. The molecule has 0 aliphatic heterocycles. The van der Waals surface area contributed by atoms with Crippen molar-refractivity contribution in [3.8, 4) is 11.4 Å². The lowest BCUT2D eigenvalue weighted by molar-refractivity contribution is 1.16. The van der Waals surface area contributed by atoms with E-state index in [-0.39, 0.29) is 11.0 Å². The standard InChI is InChI=1S/C67H50N2Si2/c1-8-26-51(27-9-1)69-63-42-24-22-40-60(63)61-44-45-65-66(67(61)69)62-41-23-25-43-64(62)68(65)52-46-50(49-70(53-28-10-2-11-29-53,54-30-12-3-13-31-54)55-32-14-4-15-33-55)47-59(48-52)71(56-34-16-5-17-35-56,57-36-18-6-19-37-57)58-38-20-7-21-39-58/h1-48H,49H2/i2D,3D,4D,5D,6D,7D,10D,11D,12D,13D,14D,15D,16D,17D,18D,19D,20D,21D,28D,29D,30D,31D,32D,33D,34D,35D,36D,37D,38D,39D,46D,47D,48D. The number of hydrogen-bond acceptors (Lipinski definition) is 0. The summed E-state index contributed by atoms with van der Waals surface area (Å²) in [5.74, 6) is 0. The van der Waals surface area contributed by atoms with Crippen molar-refractivity contribution in [2.75, 3.05) is 0 Å². The van der Waals surface area contributed by atoms with Gasteiger partial charge in [0.25, 0.3) is 0 Å². The Morgan fingerprint density at radius 3 is 1.27 bits per heavy atom. The van der Waals surface area contributed by atoms with Crippen molar-refractivity contribution < 1.29 is 45.2 Å². The van der Waals surface area contributed by atoms with Crippen LogP contribution < -0.4 is 36.3 Å². The van der Waals surface area contributed by atoms with Gasteiger partial charge in [0.1, 0.15) is 0 Å². The van der Waals surface area contributed by atoms with Crippen LogP contribution in [0.4, 0.5) is 0 Å². The van der Waals surface area contributed by atoms with E-state index in [0.29, 0.717) is 32.9 Å². The molecule has 71 heavy (non-hydrogen) atoms. The normalized spacial score (nSPS) is 18.5. The summed E-state index contributed by atoms with van der Waals surface area (Å²) in [7, 11) is -13.3. The highest BCUT2D eigenvalue weighted by Gasteiger charge is 2.44. The largest absolute Gasteiger partial charge is 0.309 e. The van der Waals surface area contributed by atoms with Crippen LogP contribution in [0.5, 0.6) is 0 Å². The van der Waals surface area contributed by atoms with Gasteiger partial charge >= 0.3 is 0 Å². The molecule has 0 saturated carbocycles. The van der Waals surface area contributed by atoms with Gasteiger partial charge in [-0.15, -0.1) is 0 Å². The second-order valence-electron chi connectivity index (χ2n) is 16.3. The van der Waals surface area contributed by atoms with E-state index < -0.39 is 269 Å². The molecule has 13 aromatic rings. The fourth-order valence-electron chi connectivity index (χ4n) is 9.85. The van der Waals surface area contributed by atoms with E-state index in [2.05, 4.69) is 0 Å². The van der Waals surface area contributed by atoms with Gasteiger partial charge in [-0.1, -0.05) is 248 Å².